The van der Waals surface area contributed by atoms with Crippen molar-refractivity contribution in [2.24, 2.45) is 5.92 Å². The van der Waals surface area contributed by atoms with Gasteiger partial charge in [0.15, 0.2) is 5.05 Å². The van der Waals surface area contributed by atoms with Gasteiger partial charge in [-0.15, -0.1) is 0 Å². The number of allylic oxidation sites excluding steroid dienone is 2. The number of cyclic esters (lactones) is 1. The van der Waals surface area contributed by atoms with E-state index in [2.05, 4.69) is 11.4 Å². The van der Waals surface area contributed by atoms with E-state index in [-0.39, 0.29) is 5.97 Å². The molecule has 1 atom stereocenters. The fraction of sp³-hybridized carbons (Fsp3) is 0.500. The number of hydrogen-bond donors (Lipinski definition) is 1. The van der Waals surface area contributed by atoms with Crippen LogP contribution in [-0.4, -0.2) is 32.3 Å². The molecule has 1 heterocycles. The summed E-state index contributed by atoms with van der Waals surface area (Å²) in [5.74, 6) is 0.879. The standard InChI is InChI=1S/C20H25NO4S/c1-11-15-10-25-19(22)16(15)17(21-2)14(18(11)23-3)8-6-12-5-7-13(9-12)20(26)24-4/h6,13,21H,5,7-10H2,1-4H3. The number of carbonyl (C=O) groups is 1. The zero-order valence-corrected chi connectivity index (χ0v) is 16.5. The molecule has 6 heteroatoms. The fourth-order valence-electron chi connectivity index (χ4n) is 4.01. The number of nitrogens with one attached hydrogen (secondary N) is 1. The highest BCUT2D eigenvalue weighted by atomic mass is 32.1. The predicted octanol–water partition coefficient (Wildman–Crippen LogP) is 3.96. The van der Waals surface area contributed by atoms with Crippen LogP contribution in [0, 0.1) is 12.8 Å². The molecule has 26 heavy (non-hydrogen) atoms. The first kappa shape index (κ1) is 18.7. The second-order valence-corrected chi connectivity index (χ2v) is 7.12. The van der Waals surface area contributed by atoms with E-state index in [1.807, 2.05) is 14.0 Å². The average molecular weight is 375 g/mol. The summed E-state index contributed by atoms with van der Waals surface area (Å²) in [7, 11) is 5.14. The highest BCUT2D eigenvalue weighted by Crippen LogP contribution is 2.41. The average Bonchev–Trinajstić information content (AvgIpc) is 3.27. The van der Waals surface area contributed by atoms with Crippen LogP contribution in [-0.2, 0) is 22.5 Å². The van der Waals surface area contributed by atoms with Gasteiger partial charge in [-0.2, -0.15) is 0 Å². The van der Waals surface area contributed by atoms with E-state index in [0.717, 1.165) is 47.4 Å². The number of ether oxygens (including phenoxy) is 3. The van der Waals surface area contributed by atoms with Gasteiger partial charge in [-0.1, -0.05) is 11.6 Å². The summed E-state index contributed by atoms with van der Waals surface area (Å²) in [6.07, 6.45) is 5.93. The van der Waals surface area contributed by atoms with E-state index >= 15 is 0 Å². The van der Waals surface area contributed by atoms with Crippen molar-refractivity contribution in [1.82, 2.24) is 0 Å². The van der Waals surface area contributed by atoms with Crippen molar-refractivity contribution in [3.63, 3.8) is 0 Å². The van der Waals surface area contributed by atoms with Crippen molar-refractivity contribution in [2.45, 2.75) is 39.2 Å². The first-order valence-electron chi connectivity index (χ1n) is 8.84. The van der Waals surface area contributed by atoms with Crippen molar-refractivity contribution in [2.75, 3.05) is 26.6 Å². The molecule has 1 N–H and O–H groups in total. The first-order valence-corrected chi connectivity index (χ1v) is 9.25. The van der Waals surface area contributed by atoms with Gasteiger partial charge in [0.1, 0.15) is 12.4 Å². The zero-order valence-electron chi connectivity index (χ0n) is 15.7. The predicted molar refractivity (Wildman–Crippen MR) is 105 cm³/mol. The zero-order chi connectivity index (χ0) is 18.8. The van der Waals surface area contributed by atoms with Gasteiger partial charge in [0.2, 0.25) is 0 Å². The molecule has 0 aromatic heterocycles. The van der Waals surface area contributed by atoms with Crippen molar-refractivity contribution in [3.8, 4) is 5.75 Å². The molecule has 2 aliphatic rings. The number of benzene rings is 1. The van der Waals surface area contributed by atoms with E-state index in [1.54, 1.807) is 14.2 Å². The van der Waals surface area contributed by atoms with E-state index in [4.69, 9.17) is 26.4 Å². The monoisotopic (exact) mass is 375 g/mol. The van der Waals surface area contributed by atoms with Crippen LogP contribution < -0.4 is 10.1 Å². The number of esters is 1. The molecular weight excluding hydrogens is 350 g/mol. The van der Waals surface area contributed by atoms with Crippen molar-refractivity contribution in [3.05, 3.63) is 33.9 Å². The third-order valence-corrected chi connectivity index (χ3v) is 5.88. The van der Waals surface area contributed by atoms with Gasteiger partial charge in [-0.25, -0.2) is 4.79 Å². The first-order chi connectivity index (χ1) is 12.5. The Morgan fingerprint density at radius 2 is 2.19 bits per heavy atom. The molecule has 5 nitrogen and oxygen atoms in total. The lowest BCUT2D eigenvalue weighted by Gasteiger charge is -2.18. The van der Waals surface area contributed by atoms with Crippen LogP contribution in [0.4, 0.5) is 5.69 Å². The molecule has 0 amide bonds. The maximum atomic E-state index is 12.2. The number of carbonyl (C=O) groups excluding carboxylic acids is 1. The summed E-state index contributed by atoms with van der Waals surface area (Å²) in [6, 6.07) is 0. The summed E-state index contributed by atoms with van der Waals surface area (Å²) < 4.78 is 16.2. The molecule has 1 unspecified atom stereocenters. The minimum atomic E-state index is -0.268. The lowest BCUT2D eigenvalue weighted by molar-refractivity contribution is 0.0535. The molecule has 0 spiro atoms. The molecular formula is C20H25NO4S. The molecule has 1 aliphatic heterocycles. The largest absolute Gasteiger partial charge is 0.496 e. The number of rotatable bonds is 5. The Bertz CT molecular complexity index is 785. The van der Waals surface area contributed by atoms with Crippen molar-refractivity contribution >= 4 is 28.9 Å². The van der Waals surface area contributed by atoms with Crippen LogP contribution in [0.1, 0.15) is 46.3 Å². The van der Waals surface area contributed by atoms with E-state index in [1.165, 1.54) is 5.57 Å². The summed E-state index contributed by atoms with van der Waals surface area (Å²) in [5.41, 5.74) is 5.71. The Hall–Kier alpha value is -2.08. The van der Waals surface area contributed by atoms with Crippen LogP contribution in [0.5, 0.6) is 5.75 Å². The third kappa shape index (κ3) is 3.18. The number of hydrogen-bond acceptors (Lipinski definition) is 6. The summed E-state index contributed by atoms with van der Waals surface area (Å²) in [5, 5.41) is 3.88. The number of methoxy groups -OCH3 is 2. The van der Waals surface area contributed by atoms with E-state index in [0.29, 0.717) is 29.6 Å². The van der Waals surface area contributed by atoms with E-state index < -0.39 is 0 Å². The van der Waals surface area contributed by atoms with Crippen LogP contribution in [0.25, 0.3) is 0 Å². The molecule has 0 bridgehead atoms. The normalized spacial score (nSPS) is 20.1. The molecule has 1 fully saturated rings. The Kier molecular flexibility index (Phi) is 5.51. The van der Waals surface area contributed by atoms with Gasteiger partial charge in [0.05, 0.1) is 25.5 Å². The van der Waals surface area contributed by atoms with Crippen molar-refractivity contribution < 1.29 is 19.0 Å². The second-order valence-electron chi connectivity index (χ2n) is 6.72. The maximum absolute atomic E-state index is 12.2. The molecule has 1 aromatic carbocycles. The summed E-state index contributed by atoms with van der Waals surface area (Å²) in [6.45, 7) is 2.29. The Labute approximate surface area is 159 Å². The Morgan fingerprint density at radius 3 is 2.85 bits per heavy atom. The second kappa shape index (κ2) is 7.66. The minimum Gasteiger partial charge on any atom is -0.496 e. The minimum absolute atomic E-state index is 0.268. The number of fused-ring (bicyclic) bond motifs is 1. The topological polar surface area (TPSA) is 56.8 Å². The molecule has 1 aromatic rings. The Balaban J connectivity index is 1.94. The smallest absolute Gasteiger partial charge is 0.341 e. The lowest BCUT2D eigenvalue weighted by Crippen LogP contribution is -2.09. The van der Waals surface area contributed by atoms with Crippen LogP contribution in [0.2, 0.25) is 0 Å². The highest BCUT2D eigenvalue weighted by molar-refractivity contribution is 7.80. The molecule has 0 radical (unpaired) electrons. The van der Waals surface area contributed by atoms with Crippen LogP contribution >= 0.6 is 12.2 Å². The molecule has 1 saturated carbocycles. The quantitative estimate of drug-likeness (QED) is 0.478. The fourth-order valence-corrected chi connectivity index (χ4v) is 4.21. The lowest BCUT2D eigenvalue weighted by atomic mass is 9.93. The van der Waals surface area contributed by atoms with Crippen LogP contribution in [0.15, 0.2) is 11.6 Å². The maximum Gasteiger partial charge on any atom is 0.341 e. The third-order valence-electron chi connectivity index (χ3n) is 5.38. The van der Waals surface area contributed by atoms with E-state index in [9.17, 15) is 4.79 Å². The highest BCUT2D eigenvalue weighted by Gasteiger charge is 2.31. The van der Waals surface area contributed by atoms with Crippen molar-refractivity contribution in [1.29, 1.82) is 0 Å². The molecule has 1 aliphatic carbocycles. The SMILES string of the molecule is CNc1c(CC=C2CCC(C(=S)OC)C2)c(OC)c(C)c2c1C(=O)OC2. The van der Waals surface area contributed by atoms with Gasteiger partial charge in [-0.05, 0) is 50.4 Å². The van der Waals surface area contributed by atoms with Gasteiger partial charge in [0, 0.05) is 24.1 Å². The van der Waals surface area contributed by atoms with Gasteiger partial charge in [-0.3, -0.25) is 0 Å². The number of thiocarbonyl (C=S) groups is 1. The van der Waals surface area contributed by atoms with Gasteiger partial charge in [0.25, 0.3) is 0 Å². The summed E-state index contributed by atoms with van der Waals surface area (Å²) in [4.78, 5) is 12.2. The Morgan fingerprint density at radius 1 is 1.42 bits per heavy atom. The van der Waals surface area contributed by atoms with Gasteiger partial charge >= 0.3 is 5.97 Å². The number of anilines is 1. The molecule has 0 saturated heterocycles. The molecule has 140 valence electrons. The molecule has 3 rings (SSSR count). The summed E-state index contributed by atoms with van der Waals surface area (Å²) >= 11 is 5.28. The van der Waals surface area contributed by atoms with Gasteiger partial charge < -0.3 is 19.5 Å². The van der Waals surface area contributed by atoms with Crippen LogP contribution in [0.3, 0.4) is 0 Å².